The van der Waals surface area contributed by atoms with Crippen molar-refractivity contribution < 1.29 is 4.74 Å². The zero-order chi connectivity index (χ0) is 11.3. The molecule has 1 rings (SSSR count). The first kappa shape index (κ1) is 13.0. The predicted molar refractivity (Wildman–Crippen MR) is 65.1 cm³/mol. The lowest BCUT2D eigenvalue weighted by molar-refractivity contribution is 0.0390. The summed E-state index contributed by atoms with van der Waals surface area (Å²) in [5.41, 5.74) is 0. The van der Waals surface area contributed by atoms with E-state index in [1.165, 1.54) is 25.7 Å². The van der Waals surface area contributed by atoms with Crippen molar-refractivity contribution in [2.24, 2.45) is 11.8 Å². The number of nitrogens with one attached hydrogen (secondary N) is 1. The molecule has 0 spiro atoms. The molecule has 0 amide bonds. The van der Waals surface area contributed by atoms with Crippen LogP contribution in [0, 0.1) is 11.8 Å². The van der Waals surface area contributed by atoms with Gasteiger partial charge in [-0.2, -0.15) is 0 Å². The van der Waals surface area contributed by atoms with Gasteiger partial charge in [0, 0.05) is 0 Å². The van der Waals surface area contributed by atoms with Crippen molar-refractivity contribution >= 4 is 0 Å². The van der Waals surface area contributed by atoms with Crippen LogP contribution in [0.25, 0.3) is 0 Å². The van der Waals surface area contributed by atoms with Crippen molar-refractivity contribution in [3.63, 3.8) is 0 Å². The van der Waals surface area contributed by atoms with Gasteiger partial charge in [-0.3, -0.25) is 0 Å². The summed E-state index contributed by atoms with van der Waals surface area (Å²) in [6.45, 7) is 7.93. The molecule has 0 radical (unpaired) electrons. The van der Waals surface area contributed by atoms with Crippen LogP contribution in [-0.4, -0.2) is 25.8 Å². The molecule has 1 saturated heterocycles. The molecule has 0 bridgehead atoms. The van der Waals surface area contributed by atoms with Gasteiger partial charge in [0.15, 0.2) is 0 Å². The molecule has 1 heterocycles. The van der Waals surface area contributed by atoms with E-state index in [4.69, 9.17) is 4.74 Å². The molecule has 1 aliphatic rings. The van der Waals surface area contributed by atoms with Crippen molar-refractivity contribution in [1.82, 2.24) is 5.32 Å². The van der Waals surface area contributed by atoms with E-state index in [1.807, 2.05) is 7.05 Å². The van der Waals surface area contributed by atoms with Gasteiger partial charge in [0.2, 0.25) is 0 Å². The molecule has 2 nitrogen and oxygen atoms in total. The summed E-state index contributed by atoms with van der Waals surface area (Å²) < 4.78 is 5.89. The second kappa shape index (κ2) is 6.49. The number of hydrogen-bond donors (Lipinski definition) is 1. The fourth-order valence-corrected chi connectivity index (χ4v) is 2.65. The van der Waals surface area contributed by atoms with Gasteiger partial charge in [-0.15, -0.1) is 0 Å². The van der Waals surface area contributed by atoms with Crippen molar-refractivity contribution in [2.45, 2.75) is 58.7 Å². The Morgan fingerprint density at radius 3 is 2.53 bits per heavy atom. The third-order valence-corrected chi connectivity index (χ3v) is 3.21. The maximum absolute atomic E-state index is 5.89. The molecule has 1 fully saturated rings. The standard InChI is InChI=1S/C13H27NO/c1-10(2)7-12(9-14-4)8-13-6-5-11(3)15-13/h10-14H,5-9H2,1-4H3. The Kier molecular flexibility index (Phi) is 5.62. The average Bonchev–Trinajstić information content (AvgIpc) is 2.50. The molecule has 1 aliphatic heterocycles. The van der Waals surface area contributed by atoms with Gasteiger partial charge in [-0.1, -0.05) is 13.8 Å². The predicted octanol–water partition coefficient (Wildman–Crippen LogP) is 2.83. The second-order valence-corrected chi connectivity index (χ2v) is 5.44. The number of rotatable bonds is 6. The van der Waals surface area contributed by atoms with E-state index >= 15 is 0 Å². The Hall–Kier alpha value is -0.0800. The maximum Gasteiger partial charge on any atom is 0.0582 e. The van der Waals surface area contributed by atoms with E-state index < -0.39 is 0 Å². The van der Waals surface area contributed by atoms with Gasteiger partial charge in [0.1, 0.15) is 0 Å². The van der Waals surface area contributed by atoms with Crippen molar-refractivity contribution in [2.75, 3.05) is 13.6 Å². The molecular formula is C13H27NO. The van der Waals surface area contributed by atoms with Gasteiger partial charge < -0.3 is 10.1 Å². The van der Waals surface area contributed by atoms with Crippen LogP contribution in [0.4, 0.5) is 0 Å². The highest BCUT2D eigenvalue weighted by atomic mass is 16.5. The van der Waals surface area contributed by atoms with Crippen molar-refractivity contribution in [3.05, 3.63) is 0 Å². The van der Waals surface area contributed by atoms with Gasteiger partial charge in [-0.05, 0) is 58.0 Å². The SMILES string of the molecule is CNCC(CC(C)C)CC1CCC(C)O1. The summed E-state index contributed by atoms with van der Waals surface area (Å²) in [6, 6.07) is 0. The van der Waals surface area contributed by atoms with Crippen LogP contribution >= 0.6 is 0 Å². The van der Waals surface area contributed by atoms with E-state index in [2.05, 4.69) is 26.1 Å². The van der Waals surface area contributed by atoms with E-state index in [0.717, 1.165) is 18.4 Å². The van der Waals surface area contributed by atoms with Crippen LogP contribution < -0.4 is 5.32 Å². The van der Waals surface area contributed by atoms with Crippen LogP contribution in [0.3, 0.4) is 0 Å². The highest BCUT2D eigenvalue weighted by molar-refractivity contribution is 4.75. The first-order valence-corrected chi connectivity index (χ1v) is 6.41. The average molecular weight is 213 g/mol. The van der Waals surface area contributed by atoms with Crippen LogP contribution in [0.2, 0.25) is 0 Å². The molecule has 2 heteroatoms. The third kappa shape index (κ3) is 4.98. The quantitative estimate of drug-likeness (QED) is 0.732. The van der Waals surface area contributed by atoms with Gasteiger partial charge in [-0.25, -0.2) is 0 Å². The van der Waals surface area contributed by atoms with Gasteiger partial charge >= 0.3 is 0 Å². The Bertz CT molecular complexity index is 170. The first-order valence-electron chi connectivity index (χ1n) is 6.41. The second-order valence-electron chi connectivity index (χ2n) is 5.44. The topological polar surface area (TPSA) is 21.3 Å². The summed E-state index contributed by atoms with van der Waals surface area (Å²) in [7, 11) is 2.05. The zero-order valence-electron chi connectivity index (χ0n) is 10.8. The Morgan fingerprint density at radius 1 is 1.33 bits per heavy atom. The fraction of sp³-hybridized carbons (Fsp3) is 1.00. The van der Waals surface area contributed by atoms with Crippen LogP contribution in [0.1, 0.15) is 46.5 Å². The molecule has 3 unspecified atom stereocenters. The summed E-state index contributed by atoms with van der Waals surface area (Å²) in [5.74, 6) is 1.58. The van der Waals surface area contributed by atoms with Crippen LogP contribution in [-0.2, 0) is 4.74 Å². The van der Waals surface area contributed by atoms with E-state index in [1.54, 1.807) is 0 Å². The highest BCUT2D eigenvalue weighted by Crippen LogP contribution is 2.26. The Balaban J connectivity index is 2.30. The molecule has 0 saturated carbocycles. The summed E-state index contributed by atoms with van der Waals surface area (Å²) >= 11 is 0. The largest absolute Gasteiger partial charge is 0.375 e. The molecule has 15 heavy (non-hydrogen) atoms. The summed E-state index contributed by atoms with van der Waals surface area (Å²) in [4.78, 5) is 0. The lowest BCUT2D eigenvalue weighted by atomic mass is 9.91. The van der Waals surface area contributed by atoms with E-state index in [0.29, 0.717) is 12.2 Å². The lowest BCUT2D eigenvalue weighted by Gasteiger charge is -2.22. The Labute approximate surface area is 94.8 Å². The fourth-order valence-electron chi connectivity index (χ4n) is 2.65. The molecule has 3 atom stereocenters. The third-order valence-electron chi connectivity index (χ3n) is 3.21. The Morgan fingerprint density at radius 2 is 2.07 bits per heavy atom. The van der Waals surface area contributed by atoms with Gasteiger partial charge in [0.05, 0.1) is 12.2 Å². The van der Waals surface area contributed by atoms with Gasteiger partial charge in [0.25, 0.3) is 0 Å². The van der Waals surface area contributed by atoms with E-state index in [-0.39, 0.29) is 0 Å². The smallest absolute Gasteiger partial charge is 0.0582 e. The maximum atomic E-state index is 5.89. The van der Waals surface area contributed by atoms with Crippen molar-refractivity contribution in [3.8, 4) is 0 Å². The summed E-state index contributed by atoms with van der Waals surface area (Å²) in [5, 5.41) is 3.30. The minimum atomic E-state index is 0.490. The first-order chi connectivity index (χ1) is 7.11. The molecule has 0 aromatic rings. The highest BCUT2D eigenvalue weighted by Gasteiger charge is 2.24. The normalized spacial score (nSPS) is 28.6. The van der Waals surface area contributed by atoms with E-state index in [9.17, 15) is 0 Å². The minimum absolute atomic E-state index is 0.490. The summed E-state index contributed by atoms with van der Waals surface area (Å²) in [6.07, 6.45) is 6.08. The molecule has 0 aromatic carbocycles. The molecular weight excluding hydrogens is 186 g/mol. The molecule has 90 valence electrons. The zero-order valence-corrected chi connectivity index (χ0v) is 10.8. The number of hydrogen-bond acceptors (Lipinski definition) is 2. The number of ether oxygens (including phenoxy) is 1. The lowest BCUT2D eigenvalue weighted by Crippen LogP contribution is -2.24. The monoisotopic (exact) mass is 213 g/mol. The minimum Gasteiger partial charge on any atom is -0.375 e. The molecule has 0 aliphatic carbocycles. The molecule has 0 aromatic heterocycles. The van der Waals surface area contributed by atoms with Crippen LogP contribution in [0.15, 0.2) is 0 Å². The van der Waals surface area contributed by atoms with Crippen LogP contribution in [0.5, 0.6) is 0 Å². The molecule has 1 N–H and O–H groups in total. The van der Waals surface area contributed by atoms with Crippen molar-refractivity contribution in [1.29, 1.82) is 0 Å².